The van der Waals surface area contributed by atoms with Crippen molar-refractivity contribution in [3.8, 4) is 0 Å². The minimum atomic E-state index is -0.802. The quantitative estimate of drug-likeness (QED) is 0.0261. The van der Waals surface area contributed by atoms with E-state index in [1.54, 1.807) is 0 Å². The van der Waals surface area contributed by atoms with Gasteiger partial charge in [0.05, 0.1) is 0 Å². The van der Waals surface area contributed by atoms with Crippen molar-refractivity contribution in [2.24, 2.45) is 0 Å². The Morgan fingerprint density at radius 1 is 0.284 bits per heavy atom. The molecule has 0 spiro atoms. The number of allylic oxidation sites excluding steroid dienone is 22. The maximum absolute atomic E-state index is 12.9. The molecule has 0 aliphatic heterocycles. The van der Waals surface area contributed by atoms with Crippen LogP contribution in [0.2, 0.25) is 0 Å². The Hall–Kier alpha value is -4.45. The third-order valence-electron chi connectivity index (χ3n) is 12.4. The summed E-state index contributed by atoms with van der Waals surface area (Å²) >= 11 is 0. The molecule has 0 aliphatic carbocycles. The Morgan fingerprint density at radius 3 is 0.838 bits per heavy atom. The average Bonchev–Trinajstić information content (AvgIpc) is 3.40. The largest absolute Gasteiger partial charge is 0.462 e. The molecule has 0 radical (unpaired) electrons. The number of carbonyl (C=O) groups excluding carboxylic acids is 3. The van der Waals surface area contributed by atoms with Gasteiger partial charge in [-0.25, -0.2) is 0 Å². The molecule has 0 heterocycles. The lowest BCUT2D eigenvalue weighted by atomic mass is 10.1. The first-order chi connectivity index (χ1) is 36.5. The summed E-state index contributed by atoms with van der Waals surface area (Å²) in [5.41, 5.74) is 0. The highest BCUT2D eigenvalue weighted by Gasteiger charge is 2.19. The van der Waals surface area contributed by atoms with Gasteiger partial charge in [0.2, 0.25) is 0 Å². The van der Waals surface area contributed by atoms with Gasteiger partial charge in [0, 0.05) is 19.3 Å². The zero-order valence-electron chi connectivity index (χ0n) is 47.8. The summed E-state index contributed by atoms with van der Waals surface area (Å²) in [7, 11) is 0. The number of esters is 3. The van der Waals surface area contributed by atoms with Gasteiger partial charge in [0.1, 0.15) is 13.2 Å². The van der Waals surface area contributed by atoms with Gasteiger partial charge in [0.25, 0.3) is 0 Å². The maximum atomic E-state index is 12.9. The van der Waals surface area contributed by atoms with Crippen LogP contribution in [0.4, 0.5) is 0 Å². The number of ether oxygens (including phenoxy) is 3. The molecule has 0 N–H and O–H groups in total. The number of rotatable bonds is 53. The van der Waals surface area contributed by atoms with Crippen molar-refractivity contribution < 1.29 is 28.6 Å². The van der Waals surface area contributed by atoms with Gasteiger partial charge in [0.15, 0.2) is 6.10 Å². The lowest BCUT2D eigenvalue weighted by molar-refractivity contribution is -0.167. The summed E-state index contributed by atoms with van der Waals surface area (Å²) < 4.78 is 16.8. The molecule has 418 valence electrons. The molecule has 0 aromatic rings. The van der Waals surface area contributed by atoms with Crippen LogP contribution in [0.15, 0.2) is 134 Å². The highest BCUT2D eigenvalue weighted by Crippen LogP contribution is 2.14. The number of hydrogen-bond acceptors (Lipinski definition) is 6. The molecular weight excluding hydrogens is 913 g/mol. The molecule has 0 fully saturated rings. The van der Waals surface area contributed by atoms with E-state index in [2.05, 4.69) is 154 Å². The second kappa shape index (κ2) is 61.1. The third kappa shape index (κ3) is 58.4. The molecule has 6 nitrogen and oxygen atoms in total. The van der Waals surface area contributed by atoms with Crippen molar-refractivity contribution in [3.63, 3.8) is 0 Å². The Bertz CT molecular complexity index is 1600. The number of unbranched alkanes of at least 4 members (excludes halogenated alkanes) is 20. The lowest BCUT2D eigenvalue weighted by Gasteiger charge is -2.18. The minimum Gasteiger partial charge on any atom is -0.462 e. The van der Waals surface area contributed by atoms with E-state index in [4.69, 9.17) is 14.2 Å². The second-order valence-corrected chi connectivity index (χ2v) is 19.5. The molecule has 0 aromatic heterocycles. The molecule has 0 saturated heterocycles. The van der Waals surface area contributed by atoms with Crippen molar-refractivity contribution >= 4 is 17.9 Å². The van der Waals surface area contributed by atoms with Crippen LogP contribution in [0.25, 0.3) is 0 Å². The SMILES string of the molecule is CC/C=C\C/C=C\C/C=C\C/C=C\C/C=C\C/C=C\CCCCCCCCCCC(=O)OCC(COC(=O)CCCCCCCCCCCC)OC(=O)CCCCC/C=C\C/C=C\C/C=C\C/C=C\C/C=C\CC. The fourth-order valence-electron chi connectivity index (χ4n) is 7.94. The van der Waals surface area contributed by atoms with Crippen LogP contribution >= 0.6 is 0 Å². The molecule has 0 rings (SSSR count). The van der Waals surface area contributed by atoms with E-state index in [0.29, 0.717) is 12.8 Å². The summed E-state index contributed by atoms with van der Waals surface area (Å²) in [5, 5.41) is 0. The highest BCUT2D eigenvalue weighted by molar-refractivity contribution is 5.71. The predicted octanol–water partition coefficient (Wildman–Crippen LogP) is 20.6. The van der Waals surface area contributed by atoms with Crippen LogP contribution in [0.3, 0.4) is 0 Å². The molecule has 1 atom stereocenters. The van der Waals surface area contributed by atoms with Gasteiger partial charge >= 0.3 is 17.9 Å². The van der Waals surface area contributed by atoms with Crippen LogP contribution in [-0.2, 0) is 28.6 Å². The van der Waals surface area contributed by atoms with E-state index >= 15 is 0 Å². The smallest absolute Gasteiger partial charge is 0.306 e. The van der Waals surface area contributed by atoms with E-state index in [0.717, 1.165) is 141 Å². The van der Waals surface area contributed by atoms with Gasteiger partial charge < -0.3 is 14.2 Å². The molecule has 1 unspecified atom stereocenters. The number of hydrogen-bond donors (Lipinski definition) is 0. The molecule has 0 amide bonds. The van der Waals surface area contributed by atoms with Gasteiger partial charge in [-0.1, -0.05) is 257 Å². The molecular formula is C68H110O6. The first-order valence-corrected chi connectivity index (χ1v) is 30.2. The normalized spacial score (nSPS) is 13.1. The Balaban J connectivity index is 4.35. The lowest BCUT2D eigenvalue weighted by Crippen LogP contribution is -2.30. The summed E-state index contributed by atoms with van der Waals surface area (Å²) in [5.74, 6) is -0.940. The summed E-state index contributed by atoms with van der Waals surface area (Å²) in [6.45, 7) is 6.36. The van der Waals surface area contributed by atoms with Crippen LogP contribution in [0, 0.1) is 0 Å². The fourth-order valence-corrected chi connectivity index (χ4v) is 7.94. The maximum Gasteiger partial charge on any atom is 0.306 e. The molecule has 74 heavy (non-hydrogen) atoms. The first-order valence-electron chi connectivity index (χ1n) is 30.2. The van der Waals surface area contributed by atoms with Gasteiger partial charge in [-0.3, -0.25) is 14.4 Å². The van der Waals surface area contributed by atoms with Crippen LogP contribution in [0.5, 0.6) is 0 Å². The summed E-state index contributed by atoms with van der Waals surface area (Å²) in [4.78, 5) is 38.2. The second-order valence-electron chi connectivity index (χ2n) is 19.5. The van der Waals surface area contributed by atoms with E-state index in [1.807, 2.05) is 0 Å². The topological polar surface area (TPSA) is 78.9 Å². The Morgan fingerprint density at radius 2 is 0.527 bits per heavy atom. The van der Waals surface area contributed by atoms with Gasteiger partial charge in [-0.15, -0.1) is 0 Å². The zero-order valence-corrected chi connectivity index (χ0v) is 47.8. The van der Waals surface area contributed by atoms with E-state index in [9.17, 15) is 14.4 Å². The standard InChI is InChI=1S/C68H110O6/c1-4-7-10-13-16-19-22-24-26-28-30-31-32-33-34-35-36-37-39-40-42-44-46-49-52-55-58-61-67(70)73-64-65(63-72-66(69)60-57-54-51-48-21-18-15-12-9-6-3)74-68(71)62-59-56-53-50-47-45-43-41-38-29-27-25-23-20-17-14-11-8-5-2/h7-8,10-11,16-17,19-20,24-27,30-31,33-34,36-38,41,45,47,65H,4-6,9,12-15,18,21-23,28-29,32,35,39-40,42-44,46,48-64H2,1-3H3/b10-7-,11-8-,19-16-,20-17-,26-24-,27-25-,31-30-,34-33-,37-36-,41-38-,47-45-. The molecule has 0 aromatic carbocycles. The summed E-state index contributed by atoms with van der Waals surface area (Å²) in [6, 6.07) is 0. The highest BCUT2D eigenvalue weighted by atomic mass is 16.6. The van der Waals surface area contributed by atoms with Crippen LogP contribution in [-0.4, -0.2) is 37.2 Å². The van der Waals surface area contributed by atoms with Crippen LogP contribution in [0.1, 0.15) is 258 Å². The summed E-state index contributed by atoms with van der Waals surface area (Å²) in [6.07, 6.45) is 85.9. The van der Waals surface area contributed by atoms with Gasteiger partial charge in [-0.05, 0) is 116 Å². The van der Waals surface area contributed by atoms with Crippen molar-refractivity contribution in [2.45, 2.75) is 264 Å². The zero-order chi connectivity index (χ0) is 53.6. The molecule has 0 bridgehead atoms. The van der Waals surface area contributed by atoms with Crippen molar-refractivity contribution in [2.75, 3.05) is 13.2 Å². The van der Waals surface area contributed by atoms with Crippen molar-refractivity contribution in [3.05, 3.63) is 134 Å². The molecule has 0 saturated carbocycles. The first kappa shape index (κ1) is 69.5. The fraction of sp³-hybridized carbons (Fsp3) is 0.632. The van der Waals surface area contributed by atoms with E-state index in [1.165, 1.54) is 77.0 Å². The Labute approximate surface area is 455 Å². The van der Waals surface area contributed by atoms with Gasteiger partial charge in [-0.2, -0.15) is 0 Å². The van der Waals surface area contributed by atoms with E-state index < -0.39 is 6.10 Å². The number of carbonyl (C=O) groups is 3. The van der Waals surface area contributed by atoms with Crippen molar-refractivity contribution in [1.82, 2.24) is 0 Å². The molecule has 6 heteroatoms. The monoisotopic (exact) mass is 1020 g/mol. The Kier molecular flexibility index (Phi) is 57.4. The average molecular weight is 1020 g/mol. The van der Waals surface area contributed by atoms with Crippen LogP contribution < -0.4 is 0 Å². The predicted molar refractivity (Wildman–Crippen MR) is 320 cm³/mol. The van der Waals surface area contributed by atoms with E-state index in [-0.39, 0.29) is 37.5 Å². The van der Waals surface area contributed by atoms with Crippen molar-refractivity contribution in [1.29, 1.82) is 0 Å². The minimum absolute atomic E-state index is 0.0962. The third-order valence-corrected chi connectivity index (χ3v) is 12.4. The molecule has 0 aliphatic rings.